The highest BCUT2D eigenvalue weighted by Crippen LogP contribution is 2.21. The standard InChI is InChI=1S/C17H26O2/c1-4-8-16(18)11-7-10-15-9-5-6-12-17(15)19-13-14(2)3/h5-6,9,12,14H,4,7-8,10-11,13H2,1-3H3. The minimum Gasteiger partial charge on any atom is -0.493 e. The highest BCUT2D eigenvalue weighted by molar-refractivity contribution is 5.78. The number of aryl methyl sites for hydroxylation is 1. The van der Waals surface area contributed by atoms with Crippen LogP contribution in [-0.4, -0.2) is 12.4 Å². The zero-order valence-electron chi connectivity index (χ0n) is 12.4. The summed E-state index contributed by atoms with van der Waals surface area (Å²) in [5.74, 6) is 1.88. The quantitative estimate of drug-likeness (QED) is 0.658. The molecule has 0 aliphatic heterocycles. The van der Waals surface area contributed by atoms with Crippen LogP contribution in [0.25, 0.3) is 0 Å². The summed E-state index contributed by atoms with van der Waals surface area (Å²) in [5.41, 5.74) is 1.22. The highest BCUT2D eigenvalue weighted by Gasteiger charge is 2.06. The zero-order chi connectivity index (χ0) is 14.1. The molecule has 106 valence electrons. The Morgan fingerprint density at radius 2 is 1.95 bits per heavy atom. The van der Waals surface area contributed by atoms with Crippen molar-refractivity contribution in [2.45, 2.75) is 52.9 Å². The fourth-order valence-electron chi connectivity index (χ4n) is 1.99. The van der Waals surface area contributed by atoms with Crippen molar-refractivity contribution in [3.63, 3.8) is 0 Å². The topological polar surface area (TPSA) is 26.3 Å². The molecule has 0 fully saturated rings. The van der Waals surface area contributed by atoms with E-state index in [1.54, 1.807) is 0 Å². The molecule has 0 saturated heterocycles. The van der Waals surface area contributed by atoms with Gasteiger partial charge in [0.05, 0.1) is 6.61 Å². The lowest BCUT2D eigenvalue weighted by Crippen LogP contribution is -2.06. The first kappa shape index (κ1) is 15.7. The van der Waals surface area contributed by atoms with Gasteiger partial charge in [-0.25, -0.2) is 0 Å². The predicted molar refractivity (Wildman–Crippen MR) is 79.6 cm³/mol. The van der Waals surface area contributed by atoms with Crippen LogP contribution in [0, 0.1) is 5.92 Å². The van der Waals surface area contributed by atoms with Crippen molar-refractivity contribution in [3.8, 4) is 5.75 Å². The lowest BCUT2D eigenvalue weighted by molar-refractivity contribution is -0.119. The van der Waals surface area contributed by atoms with Crippen LogP contribution < -0.4 is 4.74 Å². The average Bonchev–Trinajstić information content (AvgIpc) is 2.38. The Bertz CT molecular complexity index is 383. The van der Waals surface area contributed by atoms with E-state index in [0.29, 0.717) is 24.5 Å². The van der Waals surface area contributed by atoms with Gasteiger partial charge < -0.3 is 4.74 Å². The molecular formula is C17H26O2. The van der Waals surface area contributed by atoms with Gasteiger partial charge in [-0.2, -0.15) is 0 Å². The fourth-order valence-corrected chi connectivity index (χ4v) is 1.99. The maximum Gasteiger partial charge on any atom is 0.132 e. The largest absolute Gasteiger partial charge is 0.493 e. The molecule has 0 aliphatic carbocycles. The summed E-state index contributed by atoms with van der Waals surface area (Å²) in [6.45, 7) is 7.08. The molecule has 0 aliphatic rings. The van der Waals surface area contributed by atoms with Crippen molar-refractivity contribution < 1.29 is 9.53 Å². The normalized spacial score (nSPS) is 10.7. The van der Waals surface area contributed by atoms with Crippen LogP contribution in [0.1, 0.15) is 52.0 Å². The summed E-state index contributed by atoms with van der Waals surface area (Å²) in [7, 11) is 0. The van der Waals surface area contributed by atoms with Crippen molar-refractivity contribution in [1.29, 1.82) is 0 Å². The number of carbonyl (C=O) groups excluding carboxylic acids is 1. The minimum atomic E-state index is 0.378. The Morgan fingerprint density at radius 3 is 2.63 bits per heavy atom. The van der Waals surface area contributed by atoms with E-state index >= 15 is 0 Å². The van der Waals surface area contributed by atoms with Crippen LogP contribution in [0.5, 0.6) is 5.75 Å². The maximum absolute atomic E-state index is 11.5. The average molecular weight is 262 g/mol. The molecule has 2 nitrogen and oxygen atoms in total. The molecule has 0 bridgehead atoms. The van der Waals surface area contributed by atoms with Crippen molar-refractivity contribution in [1.82, 2.24) is 0 Å². The SMILES string of the molecule is CCCC(=O)CCCc1ccccc1OCC(C)C. The lowest BCUT2D eigenvalue weighted by Gasteiger charge is -2.12. The van der Waals surface area contributed by atoms with E-state index in [0.717, 1.165) is 31.6 Å². The van der Waals surface area contributed by atoms with Gasteiger partial charge in [-0.3, -0.25) is 4.79 Å². The molecule has 0 aromatic heterocycles. The molecule has 0 spiro atoms. The van der Waals surface area contributed by atoms with Crippen LogP contribution in [0.3, 0.4) is 0 Å². The molecule has 0 saturated carbocycles. The molecule has 2 heteroatoms. The summed E-state index contributed by atoms with van der Waals surface area (Å²) in [5, 5.41) is 0. The first-order valence-electron chi connectivity index (χ1n) is 7.35. The smallest absolute Gasteiger partial charge is 0.132 e. The second kappa shape index (κ2) is 8.73. The molecule has 1 aromatic carbocycles. The number of para-hydroxylation sites is 1. The number of hydrogen-bond acceptors (Lipinski definition) is 2. The Hall–Kier alpha value is -1.31. The summed E-state index contributed by atoms with van der Waals surface area (Å²) in [6, 6.07) is 8.15. The fraction of sp³-hybridized carbons (Fsp3) is 0.588. The monoisotopic (exact) mass is 262 g/mol. The van der Waals surface area contributed by atoms with Crippen LogP contribution >= 0.6 is 0 Å². The van der Waals surface area contributed by atoms with E-state index < -0.39 is 0 Å². The molecule has 1 aromatic rings. The minimum absolute atomic E-state index is 0.378. The number of rotatable bonds is 9. The number of carbonyl (C=O) groups is 1. The number of benzene rings is 1. The maximum atomic E-state index is 11.5. The van der Waals surface area contributed by atoms with Crippen molar-refractivity contribution in [2.24, 2.45) is 5.92 Å². The van der Waals surface area contributed by atoms with Crippen LogP contribution in [-0.2, 0) is 11.2 Å². The van der Waals surface area contributed by atoms with E-state index in [1.807, 2.05) is 25.1 Å². The van der Waals surface area contributed by atoms with Gasteiger partial charge in [-0.05, 0) is 36.8 Å². The van der Waals surface area contributed by atoms with Gasteiger partial charge in [0.15, 0.2) is 0 Å². The molecular weight excluding hydrogens is 236 g/mol. The molecule has 0 unspecified atom stereocenters. The zero-order valence-corrected chi connectivity index (χ0v) is 12.4. The van der Waals surface area contributed by atoms with Gasteiger partial charge in [0.25, 0.3) is 0 Å². The van der Waals surface area contributed by atoms with E-state index in [4.69, 9.17) is 4.74 Å². The molecule has 0 heterocycles. The Labute approximate surface area is 117 Å². The molecule has 19 heavy (non-hydrogen) atoms. The first-order valence-corrected chi connectivity index (χ1v) is 7.35. The Kier molecular flexibility index (Phi) is 7.24. The third-order valence-corrected chi connectivity index (χ3v) is 2.98. The van der Waals surface area contributed by atoms with E-state index in [1.165, 1.54) is 5.56 Å². The Morgan fingerprint density at radius 1 is 1.21 bits per heavy atom. The molecule has 1 rings (SSSR count). The van der Waals surface area contributed by atoms with Crippen molar-refractivity contribution in [3.05, 3.63) is 29.8 Å². The second-order valence-corrected chi connectivity index (χ2v) is 5.45. The van der Waals surface area contributed by atoms with Crippen LogP contribution in [0.2, 0.25) is 0 Å². The molecule has 0 atom stereocenters. The van der Waals surface area contributed by atoms with Gasteiger partial charge in [-0.15, -0.1) is 0 Å². The lowest BCUT2D eigenvalue weighted by atomic mass is 10.0. The summed E-state index contributed by atoms with van der Waals surface area (Å²) in [6.07, 6.45) is 4.19. The van der Waals surface area contributed by atoms with E-state index in [2.05, 4.69) is 19.9 Å². The number of ketones is 1. The van der Waals surface area contributed by atoms with Gasteiger partial charge >= 0.3 is 0 Å². The Balaban J connectivity index is 2.46. The first-order chi connectivity index (χ1) is 9.13. The molecule has 0 N–H and O–H groups in total. The molecule has 0 amide bonds. The van der Waals surface area contributed by atoms with Gasteiger partial charge in [0.2, 0.25) is 0 Å². The van der Waals surface area contributed by atoms with Gasteiger partial charge in [0.1, 0.15) is 11.5 Å². The number of Topliss-reactive ketones (excluding diaryl/α,β-unsaturated/α-hetero) is 1. The van der Waals surface area contributed by atoms with Crippen LogP contribution in [0.4, 0.5) is 0 Å². The summed E-state index contributed by atoms with van der Waals surface area (Å²) in [4.78, 5) is 11.5. The summed E-state index contributed by atoms with van der Waals surface area (Å²) < 4.78 is 5.82. The highest BCUT2D eigenvalue weighted by atomic mass is 16.5. The van der Waals surface area contributed by atoms with E-state index in [9.17, 15) is 4.79 Å². The second-order valence-electron chi connectivity index (χ2n) is 5.45. The summed E-state index contributed by atoms with van der Waals surface area (Å²) >= 11 is 0. The third kappa shape index (κ3) is 6.42. The van der Waals surface area contributed by atoms with Crippen molar-refractivity contribution in [2.75, 3.05) is 6.61 Å². The van der Waals surface area contributed by atoms with Crippen LogP contribution in [0.15, 0.2) is 24.3 Å². The van der Waals surface area contributed by atoms with Gasteiger partial charge in [-0.1, -0.05) is 39.0 Å². The number of ether oxygens (including phenoxy) is 1. The van der Waals surface area contributed by atoms with Crippen molar-refractivity contribution >= 4 is 5.78 Å². The van der Waals surface area contributed by atoms with Gasteiger partial charge in [0, 0.05) is 12.8 Å². The predicted octanol–water partition coefficient (Wildman–Crippen LogP) is 4.41. The molecule has 0 radical (unpaired) electrons. The number of hydrogen-bond donors (Lipinski definition) is 0. The third-order valence-electron chi connectivity index (χ3n) is 2.98. The van der Waals surface area contributed by atoms with E-state index in [-0.39, 0.29) is 0 Å².